The molecule has 2 aromatic rings. The first-order valence-electron chi connectivity index (χ1n) is 8.46. The van der Waals surface area contributed by atoms with E-state index in [0.717, 1.165) is 11.1 Å². The number of Topliss-reactive ketones (excluding diaryl/α,β-unsaturated/α-hetero) is 1. The minimum atomic E-state index is -0.433. The number of ether oxygens (including phenoxy) is 3. The largest absolute Gasteiger partial charge is 0.507 e. The molecule has 5 nitrogen and oxygen atoms in total. The van der Waals surface area contributed by atoms with E-state index in [0.29, 0.717) is 18.1 Å². The molecule has 0 aliphatic carbocycles. The number of hydrogen-bond donors (Lipinski definition) is 1. The van der Waals surface area contributed by atoms with E-state index in [9.17, 15) is 9.90 Å². The van der Waals surface area contributed by atoms with Crippen LogP contribution in [0, 0.1) is 0 Å². The van der Waals surface area contributed by atoms with Crippen molar-refractivity contribution in [2.24, 2.45) is 0 Å². The van der Waals surface area contributed by atoms with Crippen molar-refractivity contribution < 1.29 is 24.1 Å². The second-order valence-corrected chi connectivity index (χ2v) is 6.37. The highest BCUT2D eigenvalue weighted by Crippen LogP contribution is 2.49. The number of benzene rings is 2. The zero-order valence-electron chi connectivity index (χ0n) is 15.1. The number of hydrogen-bond acceptors (Lipinski definition) is 5. The molecule has 136 valence electrons. The average molecular weight is 354 g/mol. The molecule has 0 saturated carbocycles. The molecule has 1 atom stereocenters. The number of phenols is 1. The van der Waals surface area contributed by atoms with E-state index in [1.54, 1.807) is 0 Å². The molecule has 0 aromatic heterocycles. The Labute approximate surface area is 152 Å². The van der Waals surface area contributed by atoms with Crippen LogP contribution in [-0.4, -0.2) is 24.6 Å². The van der Waals surface area contributed by atoms with Crippen LogP contribution in [0.25, 0.3) is 0 Å². The third-order valence-corrected chi connectivity index (χ3v) is 4.20. The summed E-state index contributed by atoms with van der Waals surface area (Å²) in [6.07, 6.45) is 1.64. The molecule has 5 heteroatoms. The van der Waals surface area contributed by atoms with E-state index in [1.165, 1.54) is 13.2 Å². The van der Waals surface area contributed by atoms with E-state index in [1.807, 2.05) is 50.3 Å². The van der Waals surface area contributed by atoms with Crippen LogP contribution in [0.4, 0.5) is 0 Å². The highest BCUT2D eigenvalue weighted by Gasteiger charge is 2.34. The Hall–Kier alpha value is -2.95. The summed E-state index contributed by atoms with van der Waals surface area (Å²) in [7, 11) is 1.49. The van der Waals surface area contributed by atoms with Crippen LogP contribution in [0.1, 0.15) is 42.3 Å². The first-order chi connectivity index (χ1) is 12.5. The van der Waals surface area contributed by atoms with Gasteiger partial charge in [0.05, 0.1) is 13.5 Å². The monoisotopic (exact) mass is 354 g/mol. The Kier molecular flexibility index (Phi) is 5.16. The molecule has 0 amide bonds. The van der Waals surface area contributed by atoms with E-state index >= 15 is 0 Å². The Balaban J connectivity index is 2.01. The van der Waals surface area contributed by atoms with Gasteiger partial charge >= 0.3 is 0 Å². The molecule has 1 heterocycles. The smallest absolute Gasteiger partial charge is 0.204 e. The lowest BCUT2D eigenvalue weighted by Crippen LogP contribution is -2.21. The SMILES string of the molecule is COc1c(OCC=C(C)C)cc(O)c2c1O[C@H](c1ccccc1)CC2=O. The van der Waals surface area contributed by atoms with Crippen molar-refractivity contribution in [1.82, 2.24) is 0 Å². The van der Waals surface area contributed by atoms with Crippen LogP contribution in [0.15, 0.2) is 48.0 Å². The summed E-state index contributed by atoms with van der Waals surface area (Å²) in [4.78, 5) is 12.6. The predicted octanol–water partition coefficient (Wildman–Crippen LogP) is 4.45. The van der Waals surface area contributed by atoms with Crippen molar-refractivity contribution in [2.45, 2.75) is 26.4 Å². The number of ketones is 1. The molecule has 2 aromatic carbocycles. The van der Waals surface area contributed by atoms with Gasteiger partial charge in [0.15, 0.2) is 17.3 Å². The first-order valence-corrected chi connectivity index (χ1v) is 8.46. The number of aromatic hydroxyl groups is 1. The molecular weight excluding hydrogens is 332 g/mol. The molecule has 1 N–H and O–H groups in total. The highest BCUT2D eigenvalue weighted by atomic mass is 16.5. The van der Waals surface area contributed by atoms with E-state index in [4.69, 9.17) is 14.2 Å². The minimum absolute atomic E-state index is 0.142. The van der Waals surface area contributed by atoms with Crippen LogP contribution in [0.2, 0.25) is 0 Å². The summed E-state index contributed by atoms with van der Waals surface area (Å²) in [5.41, 5.74) is 2.15. The molecular formula is C21H22O5. The fourth-order valence-corrected chi connectivity index (χ4v) is 2.89. The molecule has 1 aliphatic rings. The summed E-state index contributed by atoms with van der Waals surface area (Å²) >= 11 is 0. The maximum Gasteiger partial charge on any atom is 0.204 e. The van der Waals surface area contributed by atoms with Crippen molar-refractivity contribution in [3.8, 4) is 23.0 Å². The maximum atomic E-state index is 12.6. The lowest BCUT2D eigenvalue weighted by Gasteiger charge is -2.28. The van der Waals surface area contributed by atoms with Gasteiger partial charge in [0.2, 0.25) is 5.75 Å². The maximum absolute atomic E-state index is 12.6. The standard InChI is InChI=1S/C21H22O5/c1-13(2)9-10-25-18-12-16(23)19-15(22)11-17(14-7-5-4-6-8-14)26-21(19)20(18)24-3/h4-9,12,17,23H,10-11H2,1-3H3/t17-/m0/s1. The number of carbonyl (C=O) groups excluding carboxylic acids is 1. The minimum Gasteiger partial charge on any atom is -0.507 e. The van der Waals surface area contributed by atoms with Gasteiger partial charge in [-0.15, -0.1) is 0 Å². The zero-order valence-corrected chi connectivity index (χ0v) is 15.1. The fraction of sp³-hybridized carbons (Fsp3) is 0.286. The summed E-state index contributed by atoms with van der Waals surface area (Å²) < 4.78 is 17.2. The molecule has 1 aliphatic heterocycles. The van der Waals surface area contributed by atoms with Gasteiger partial charge in [-0.3, -0.25) is 4.79 Å². The molecule has 0 spiro atoms. The molecule has 0 radical (unpaired) electrons. The third-order valence-electron chi connectivity index (χ3n) is 4.20. The van der Waals surface area contributed by atoms with Crippen molar-refractivity contribution in [2.75, 3.05) is 13.7 Å². The Morgan fingerprint density at radius 3 is 2.69 bits per heavy atom. The van der Waals surface area contributed by atoms with Gasteiger partial charge < -0.3 is 19.3 Å². The van der Waals surface area contributed by atoms with Crippen LogP contribution >= 0.6 is 0 Å². The van der Waals surface area contributed by atoms with Crippen LogP contribution < -0.4 is 14.2 Å². The van der Waals surface area contributed by atoms with Crippen LogP contribution in [-0.2, 0) is 0 Å². The molecule has 26 heavy (non-hydrogen) atoms. The summed E-state index contributed by atoms with van der Waals surface area (Å²) in [5.74, 6) is 0.526. The van der Waals surface area contributed by atoms with Crippen molar-refractivity contribution in [3.63, 3.8) is 0 Å². The topological polar surface area (TPSA) is 65.0 Å². The predicted molar refractivity (Wildman–Crippen MR) is 98.3 cm³/mol. The van der Waals surface area contributed by atoms with Crippen molar-refractivity contribution in [3.05, 3.63) is 59.2 Å². The normalized spacial score (nSPS) is 15.7. The highest BCUT2D eigenvalue weighted by molar-refractivity contribution is 6.03. The van der Waals surface area contributed by atoms with Gasteiger partial charge in [-0.2, -0.15) is 0 Å². The number of methoxy groups -OCH3 is 1. The number of rotatable bonds is 5. The fourth-order valence-electron chi connectivity index (χ4n) is 2.89. The van der Waals surface area contributed by atoms with Gasteiger partial charge in [-0.25, -0.2) is 0 Å². The Morgan fingerprint density at radius 1 is 1.31 bits per heavy atom. The Bertz CT molecular complexity index is 835. The summed E-state index contributed by atoms with van der Waals surface area (Å²) in [5, 5.41) is 10.3. The number of carbonyl (C=O) groups is 1. The van der Waals surface area contributed by atoms with Crippen LogP contribution in [0.3, 0.4) is 0 Å². The van der Waals surface area contributed by atoms with E-state index in [2.05, 4.69) is 0 Å². The molecule has 0 fully saturated rings. The van der Waals surface area contributed by atoms with E-state index < -0.39 is 6.10 Å². The first kappa shape index (κ1) is 17.9. The molecule has 0 bridgehead atoms. The van der Waals surface area contributed by atoms with Crippen LogP contribution in [0.5, 0.6) is 23.0 Å². The van der Waals surface area contributed by atoms with Gasteiger partial charge in [0.1, 0.15) is 24.0 Å². The van der Waals surface area contributed by atoms with Gasteiger partial charge in [0.25, 0.3) is 0 Å². The molecule has 0 unspecified atom stereocenters. The average Bonchev–Trinajstić information content (AvgIpc) is 2.61. The lowest BCUT2D eigenvalue weighted by molar-refractivity contribution is 0.0836. The summed E-state index contributed by atoms with van der Waals surface area (Å²) in [6.45, 7) is 4.27. The van der Waals surface area contributed by atoms with Gasteiger partial charge in [-0.05, 0) is 25.5 Å². The number of allylic oxidation sites excluding steroid dienone is 1. The second-order valence-electron chi connectivity index (χ2n) is 6.37. The van der Waals surface area contributed by atoms with Gasteiger partial charge in [0, 0.05) is 6.07 Å². The number of phenolic OH excluding ortho intramolecular Hbond substituents is 1. The zero-order chi connectivity index (χ0) is 18.7. The molecule has 0 saturated heterocycles. The second kappa shape index (κ2) is 7.52. The third kappa shape index (κ3) is 3.52. The number of fused-ring (bicyclic) bond motifs is 1. The van der Waals surface area contributed by atoms with Crippen molar-refractivity contribution >= 4 is 5.78 Å². The lowest BCUT2D eigenvalue weighted by atomic mass is 9.95. The quantitative estimate of drug-likeness (QED) is 0.804. The summed E-state index contributed by atoms with van der Waals surface area (Å²) in [6, 6.07) is 10.9. The Morgan fingerprint density at radius 2 is 2.04 bits per heavy atom. The van der Waals surface area contributed by atoms with Crippen molar-refractivity contribution in [1.29, 1.82) is 0 Å². The molecule has 3 rings (SSSR count). The van der Waals surface area contributed by atoms with E-state index in [-0.39, 0.29) is 29.3 Å². The van der Waals surface area contributed by atoms with Gasteiger partial charge in [-0.1, -0.05) is 35.9 Å².